The van der Waals surface area contributed by atoms with Gasteiger partial charge < -0.3 is 13.8 Å². The topological polar surface area (TPSA) is 55.3 Å². The van der Waals surface area contributed by atoms with Crippen LogP contribution in [0.5, 0.6) is 0 Å². The van der Waals surface area contributed by atoms with Gasteiger partial charge in [-0.2, -0.15) is 4.98 Å². The first kappa shape index (κ1) is 15.5. The van der Waals surface area contributed by atoms with E-state index in [2.05, 4.69) is 41.3 Å². The van der Waals surface area contributed by atoms with Crippen molar-refractivity contribution in [3.63, 3.8) is 0 Å². The molecule has 0 aliphatic heterocycles. The molecule has 3 aromatic rings. The zero-order valence-electron chi connectivity index (χ0n) is 14.0. The molecule has 0 bridgehead atoms. The Labute approximate surface area is 135 Å². The number of rotatable bonds is 5. The second-order valence-electron chi connectivity index (χ2n) is 5.93. The summed E-state index contributed by atoms with van der Waals surface area (Å²) in [5.41, 5.74) is 4.12. The molecule has 2 heterocycles. The van der Waals surface area contributed by atoms with E-state index in [0.29, 0.717) is 11.7 Å². The van der Waals surface area contributed by atoms with E-state index in [1.165, 1.54) is 5.56 Å². The minimum atomic E-state index is 0.514. The Morgan fingerprint density at radius 3 is 2.52 bits per heavy atom. The number of nitrogens with zero attached hydrogens (tertiary/aromatic N) is 3. The molecule has 0 fully saturated rings. The van der Waals surface area contributed by atoms with Crippen molar-refractivity contribution in [1.29, 1.82) is 0 Å². The number of hydrogen-bond donors (Lipinski definition) is 0. The van der Waals surface area contributed by atoms with E-state index in [-0.39, 0.29) is 0 Å². The van der Waals surface area contributed by atoms with E-state index in [9.17, 15) is 0 Å². The Morgan fingerprint density at radius 2 is 1.87 bits per heavy atom. The van der Waals surface area contributed by atoms with Gasteiger partial charge in [-0.3, -0.25) is 0 Å². The minimum Gasteiger partial charge on any atom is -0.468 e. The smallest absolute Gasteiger partial charge is 0.262 e. The Kier molecular flexibility index (Phi) is 4.30. The van der Waals surface area contributed by atoms with Gasteiger partial charge in [0.1, 0.15) is 5.76 Å². The lowest BCUT2D eigenvalue weighted by molar-refractivity contribution is 0.402. The van der Waals surface area contributed by atoms with E-state index in [4.69, 9.17) is 8.94 Å². The summed E-state index contributed by atoms with van der Waals surface area (Å²) in [6.07, 6.45) is 2.52. The summed E-state index contributed by atoms with van der Waals surface area (Å²) in [4.78, 5) is 6.67. The van der Waals surface area contributed by atoms with Gasteiger partial charge in [0.2, 0.25) is 5.82 Å². The summed E-state index contributed by atoms with van der Waals surface area (Å²) in [7, 11) is 4.11. The molecule has 120 valence electrons. The average Bonchev–Trinajstić information content (AvgIpc) is 3.13. The number of aromatic nitrogens is 2. The zero-order valence-corrected chi connectivity index (χ0v) is 14.0. The molecule has 0 unspecified atom stereocenters. The molecule has 0 saturated heterocycles. The van der Waals surface area contributed by atoms with E-state index < -0.39 is 0 Å². The van der Waals surface area contributed by atoms with Crippen LogP contribution in [0.25, 0.3) is 22.8 Å². The first-order chi connectivity index (χ1) is 11.1. The maximum atomic E-state index is 5.53. The van der Waals surface area contributed by atoms with Crippen LogP contribution in [0.15, 0.2) is 39.5 Å². The molecule has 2 aromatic heterocycles. The lowest BCUT2D eigenvalue weighted by atomic mass is 10.1. The predicted octanol–water partition coefficient (Wildman–Crippen LogP) is 3.93. The Morgan fingerprint density at radius 1 is 1.13 bits per heavy atom. The number of benzene rings is 1. The summed E-state index contributed by atoms with van der Waals surface area (Å²) >= 11 is 0. The largest absolute Gasteiger partial charge is 0.468 e. The molecule has 0 saturated carbocycles. The first-order valence-corrected chi connectivity index (χ1v) is 7.73. The van der Waals surface area contributed by atoms with Crippen LogP contribution in [0.2, 0.25) is 0 Å². The van der Waals surface area contributed by atoms with Crippen LogP contribution >= 0.6 is 0 Å². The highest BCUT2D eigenvalue weighted by Crippen LogP contribution is 2.30. The van der Waals surface area contributed by atoms with Crippen molar-refractivity contribution < 1.29 is 8.94 Å². The third-order valence-corrected chi connectivity index (χ3v) is 3.72. The highest BCUT2D eigenvalue weighted by Gasteiger charge is 2.18. The van der Waals surface area contributed by atoms with Crippen molar-refractivity contribution in [1.82, 2.24) is 15.0 Å². The second kappa shape index (κ2) is 6.38. The summed E-state index contributed by atoms with van der Waals surface area (Å²) in [6.45, 7) is 4.94. The van der Waals surface area contributed by atoms with Gasteiger partial charge in [-0.15, -0.1) is 0 Å². The van der Waals surface area contributed by atoms with Gasteiger partial charge in [0.25, 0.3) is 5.89 Å². The number of furan rings is 1. The van der Waals surface area contributed by atoms with Crippen molar-refractivity contribution in [3.8, 4) is 22.8 Å². The third-order valence-electron chi connectivity index (χ3n) is 3.72. The van der Waals surface area contributed by atoms with Gasteiger partial charge >= 0.3 is 0 Å². The van der Waals surface area contributed by atoms with Gasteiger partial charge in [0, 0.05) is 24.1 Å². The Hall–Kier alpha value is -2.40. The molecule has 0 aliphatic rings. The number of hydrogen-bond acceptors (Lipinski definition) is 5. The van der Waals surface area contributed by atoms with Crippen LogP contribution in [0, 0.1) is 6.92 Å². The van der Waals surface area contributed by atoms with Crippen LogP contribution in [0.3, 0.4) is 0 Å². The maximum absolute atomic E-state index is 5.53. The molecular weight excluding hydrogens is 290 g/mol. The van der Waals surface area contributed by atoms with Gasteiger partial charge in [0.05, 0.1) is 11.8 Å². The van der Waals surface area contributed by atoms with Gasteiger partial charge in [-0.05, 0) is 26.6 Å². The SMILES string of the molecule is CCc1occ(C)c1-c1nc(-c2ccc(CN(C)C)cc2)no1. The summed E-state index contributed by atoms with van der Waals surface area (Å²) < 4.78 is 11.0. The second-order valence-corrected chi connectivity index (χ2v) is 5.93. The minimum absolute atomic E-state index is 0.514. The molecule has 23 heavy (non-hydrogen) atoms. The average molecular weight is 311 g/mol. The maximum Gasteiger partial charge on any atom is 0.262 e. The Balaban J connectivity index is 1.88. The lowest BCUT2D eigenvalue weighted by Crippen LogP contribution is -2.10. The quantitative estimate of drug-likeness (QED) is 0.714. The highest BCUT2D eigenvalue weighted by molar-refractivity contribution is 5.64. The van der Waals surface area contributed by atoms with Crippen molar-refractivity contribution in [2.75, 3.05) is 14.1 Å². The molecule has 3 rings (SSSR count). The first-order valence-electron chi connectivity index (χ1n) is 7.73. The third kappa shape index (κ3) is 3.19. The normalized spacial score (nSPS) is 11.3. The predicted molar refractivity (Wildman–Crippen MR) is 88.9 cm³/mol. The number of aryl methyl sites for hydroxylation is 2. The van der Waals surface area contributed by atoms with Gasteiger partial charge in [0.15, 0.2) is 0 Å². The Bertz CT molecular complexity index is 785. The van der Waals surface area contributed by atoms with E-state index >= 15 is 0 Å². The van der Waals surface area contributed by atoms with E-state index in [1.807, 2.05) is 26.0 Å². The van der Waals surface area contributed by atoms with Gasteiger partial charge in [-0.25, -0.2) is 0 Å². The molecule has 0 amide bonds. The summed E-state index contributed by atoms with van der Waals surface area (Å²) in [6, 6.07) is 8.23. The fourth-order valence-corrected chi connectivity index (χ4v) is 2.61. The van der Waals surface area contributed by atoms with Crippen LogP contribution in [0.1, 0.15) is 23.8 Å². The lowest BCUT2D eigenvalue weighted by Gasteiger charge is -2.09. The van der Waals surface area contributed by atoms with Gasteiger partial charge in [-0.1, -0.05) is 36.3 Å². The molecule has 0 atom stereocenters. The van der Waals surface area contributed by atoms with Crippen molar-refractivity contribution >= 4 is 0 Å². The van der Waals surface area contributed by atoms with Crippen molar-refractivity contribution in [3.05, 3.63) is 47.4 Å². The summed E-state index contributed by atoms with van der Waals surface area (Å²) in [5.74, 6) is 1.98. The standard InChI is InChI=1S/C18H21N3O2/c1-5-15-16(12(2)11-22-15)18-19-17(20-23-18)14-8-6-13(7-9-14)10-21(3)4/h6-9,11H,5,10H2,1-4H3. The zero-order chi connectivity index (χ0) is 16.4. The van der Waals surface area contributed by atoms with Crippen LogP contribution in [-0.4, -0.2) is 29.1 Å². The molecule has 0 spiro atoms. The fraction of sp³-hybridized carbons (Fsp3) is 0.333. The van der Waals surface area contributed by atoms with Crippen LogP contribution in [0.4, 0.5) is 0 Å². The highest BCUT2D eigenvalue weighted by atomic mass is 16.5. The molecule has 0 radical (unpaired) electrons. The van der Waals surface area contributed by atoms with Crippen LogP contribution < -0.4 is 0 Å². The molecule has 1 aromatic carbocycles. The van der Waals surface area contributed by atoms with E-state index in [1.54, 1.807) is 6.26 Å². The summed E-state index contributed by atoms with van der Waals surface area (Å²) in [5, 5.41) is 4.11. The molecule has 0 N–H and O–H groups in total. The monoisotopic (exact) mass is 311 g/mol. The van der Waals surface area contributed by atoms with Crippen molar-refractivity contribution in [2.24, 2.45) is 0 Å². The molecule has 0 aliphatic carbocycles. The fourth-order valence-electron chi connectivity index (χ4n) is 2.61. The molecule has 5 nitrogen and oxygen atoms in total. The van der Waals surface area contributed by atoms with Crippen LogP contribution in [-0.2, 0) is 13.0 Å². The van der Waals surface area contributed by atoms with Crippen molar-refractivity contribution in [2.45, 2.75) is 26.8 Å². The molecular formula is C18H21N3O2. The molecule has 5 heteroatoms. The van der Waals surface area contributed by atoms with E-state index in [0.717, 1.165) is 35.4 Å².